The zero-order chi connectivity index (χ0) is 9.84. The molecule has 0 bridgehead atoms. The van der Waals surface area contributed by atoms with Crippen molar-refractivity contribution in [3.05, 3.63) is 22.7 Å². The van der Waals surface area contributed by atoms with Gasteiger partial charge in [0.05, 0.1) is 11.5 Å². The van der Waals surface area contributed by atoms with Crippen LogP contribution < -0.4 is 4.74 Å². The van der Waals surface area contributed by atoms with Gasteiger partial charge in [0.1, 0.15) is 5.75 Å². The highest BCUT2D eigenvalue weighted by molar-refractivity contribution is 9.10. The van der Waals surface area contributed by atoms with E-state index >= 15 is 0 Å². The van der Waals surface area contributed by atoms with Crippen LogP contribution in [-0.4, -0.2) is 15.4 Å². The molecule has 1 aromatic carbocycles. The van der Waals surface area contributed by atoms with Crippen molar-refractivity contribution in [1.82, 2.24) is 0 Å². The fourth-order valence-corrected chi connectivity index (χ4v) is 1.99. The largest absolute Gasteiger partial charge is 0.494 e. The van der Waals surface area contributed by atoms with E-state index in [4.69, 9.17) is 9.29 Å². The molecule has 5 heteroatoms. The maximum Gasteiger partial charge on any atom is 0.187 e. The fraction of sp³-hybridized carbons (Fsp3) is 0.250. The topological polar surface area (TPSA) is 46.5 Å². The van der Waals surface area contributed by atoms with Gasteiger partial charge in [0.2, 0.25) is 0 Å². The molecule has 13 heavy (non-hydrogen) atoms. The van der Waals surface area contributed by atoms with Crippen molar-refractivity contribution in [1.29, 1.82) is 0 Å². The molecule has 72 valence electrons. The van der Waals surface area contributed by atoms with Gasteiger partial charge in [0, 0.05) is 4.47 Å². The molecule has 1 unspecified atom stereocenters. The summed E-state index contributed by atoms with van der Waals surface area (Å²) in [4.78, 5) is 0.325. The summed E-state index contributed by atoms with van der Waals surface area (Å²) in [7, 11) is 0. The third-order valence-corrected chi connectivity index (χ3v) is 3.07. The summed E-state index contributed by atoms with van der Waals surface area (Å²) in [5.74, 6) is 0.600. The summed E-state index contributed by atoms with van der Waals surface area (Å²) in [6.45, 7) is 2.40. The maximum atomic E-state index is 10.8. The third kappa shape index (κ3) is 2.79. The summed E-state index contributed by atoms with van der Waals surface area (Å²) < 4.78 is 25.5. The van der Waals surface area contributed by atoms with Crippen molar-refractivity contribution in [3.63, 3.8) is 0 Å². The minimum Gasteiger partial charge on any atom is -0.494 e. The Balaban J connectivity index is 3.04. The Kier molecular flexibility index (Phi) is 3.90. The van der Waals surface area contributed by atoms with Crippen molar-refractivity contribution < 1.29 is 13.5 Å². The van der Waals surface area contributed by atoms with Gasteiger partial charge in [-0.05, 0) is 41.1 Å². The number of benzene rings is 1. The quantitative estimate of drug-likeness (QED) is 0.854. The van der Waals surface area contributed by atoms with Gasteiger partial charge in [0.15, 0.2) is 11.1 Å². The van der Waals surface area contributed by atoms with Gasteiger partial charge in [0.25, 0.3) is 0 Å². The van der Waals surface area contributed by atoms with Gasteiger partial charge in [-0.15, -0.1) is 0 Å². The predicted molar refractivity (Wildman–Crippen MR) is 54.3 cm³/mol. The Bertz CT molecular complexity index is 327. The summed E-state index contributed by atoms with van der Waals surface area (Å²) in [5, 5.41) is 0. The lowest BCUT2D eigenvalue weighted by Crippen LogP contribution is -1.95. The van der Waals surface area contributed by atoms with Crippen LogP contribution in [0.1, 0.15) is 6.92 Å². The van der Waals surface area contributed by atoms with Gasteiger partial charge in [-0.1, -0.05) is 0 Å². The van der Waals surface area contributed by atoms with Crippen molar-refractivity contribution >= 4 is 27.0 Å². The number of hydrogen-bond acceptors (Lipinski definition) is 2. The first-order chi connectivity index (χ1) is 6.15. The van der Waals surface area contributed by atoms with Crippen LogP contribution in [-0.2, 0) is 11.1 Å². The molecule has 1 aromatic rings. The highest BCUT2D eigenvalue weighted by Crippen LogP contribution is 2.24. The molecule has 1 N–H and O–H groups in total. The average molecular weight is 265 g/mol. The molecule has 0 aliphatic rings. The molecule has 1 rings (SSSR count). The lowest BCUT2D eigenvalue weighted by atomic mass is 10.3. The highest BCUT2D eigenvalue weighted by Gasteiger charge is 2.06. The molecule has 0 radical (unpaired) electrons. The summed E-state index contributed by atoms with van der Waals surface area (Å²) in [6.07, 6.45) is 0. The van der Waals surface area contributed by atoms with Crippen LogP contribution in [0.25, 0.3) is 0 Å². The minimum atomic E-state index is -1.98. The molecule has 0 fully saturated rings. The van der Waals surface area contributed by atoms with E-state index in [0.717, 1.165) is 0 Å². The number of hydrogen-bond donors (Lipinski definition) is 1. The summed E-state index contributed by atoms with van der Waals surface area (Å²) in [6, 6.07) is 4.97. The van der Waals surface area contributed by atoms with Crippen LogP contribution in [0.15, 0.2) is 27.6 Å². The lowest BCUT2D eigenvalue weighted by molar-refractivity contribution is 0.339. The molecule has 0 aromatic heterocycles. The summed E-state index contributed by atoms with van der Waals surface area (Å²) >= 11 is 1.19. The first-order valence-corrected chi connectivity index (χ1v) is 5.58. The zero-order valence-electron chi connectivity index (χ0n) is 6.99. The lowest BCUT2D eigenvalue weighted by Gasteiger charge is -2.05. The Morgan fingerprint density at radius 1 is 1.62 bits per heavy atom. The number of ether oxygens (including phenoxy) is 1. The first kappa shape index (κ1) is 10.7. The van der Waals surface area contributed by atoms with Crippen molar-refractivity contribution in [2.75, 3.05) is 6.61 Å². The average Bonchev–Trinajstić information content (AvgIpc) is 2.08. The molecule has 0 aliphatic heterocycles. The van der Waals surface area contributed by atoms with E-state index in [9.17, 15) is 4.21 Å². The second-order valence-corrected chi connectivity index (χ2v) is 4.07. The van der Waals surface area contributed by atoms with E-state index in [1.807, 2.05) is 6.92 Å². The molecule has 0 saturated carbocycles. The number of halogens is 1. The fourth-order valence-electron chi connectivity index (χ4n) is 0.874. The Hall–Kier alpha value is -0.390. The molecular formula is C8H9BrO3S. The van der Waals surface area contributed by atoms with E-state index in [1.54, 1.807) is 18.2 Å². The molecule has 0 aliphatic carbocycles. The maximum absolute atomic E-state index is 10.8. The van der Waals surface area contributed by atoms with E-state index < -0.39 is 11.1 Å². The van der Waals surface area contributed by atoms with E-state index in [0.29, 0.717) is 21.7 Å². The normalized spacial score (nSPS) is 12.5. The van der Waals surface area contributed by atoms with Crippen LogP contribution in [0, 0.1) is 0 Å². The van der Waals surface area contributed by atoms with Crippen LogP contribution in [0.2, 0.25) is 0 Å². The predicted octanol–water partition coefficient (Wildman–Crippen LogP) is 2.43. The van der Waals surface area contributed by atoms with Gasteiger partial charge < -0.3 is 9.29 Å². The Labute approximate surface area is 87.5 Å². The van der Waals surface area contributed by atoms with Crippen molar-refractivity contribution in [2.45, 2.75) is 11.8 Å². The molecule has 1 atom stereocenters. The molecule has 0 amide bonds. The Morgan fingerprint density at radius 2 is 2.31 bits per heavy atom. The van der Waals surface area contributed by atoms with Crippen molar-refractivity contribution in [3.8, 4) is 5.75 Å². The minimum absolute atomic E-state index is 0.325. The third-order valence-electron chi connectivity index (χ3n) is 1.40. The van der Waals surface area contributed by atoms with Crippen LogP contribution in [0.3, 0.4) is 0 Å². The molecular weight excluding hydrogens is 256 g/mol. The van der Waals surface area contributed by atoms with Gasteiger partial charge in [-0.2, -0.15) is 0 Å². The number of rotatable bonds is 3. The standard InChI is InChI=1S/C8H9BrO3S/c1-2-12-6-3-4-7(9)8(5-6)13(10)11/h3-5H,2H2,1H3,(H,10,11). The van der Waals surface area contributed by atoms with Gasteiger partial charge >= 0.3 is 0 Å². The summed E-state index contributed by atoms with van der Waals surface area (Å²) in [5.41, 5.74) is 0. The second kappa shape index (κ2) is 4.74. The monoisotopic (exact) mass is 264 g/mol. The van der Waals surface area contributed by atoms with Gasteiger partial charge in [-0.3, -0.25) is 0 Å². The molecule has 0 saturated heterocycles. The van der Waals surface area contributed by atoms with Crippen LogP contribution in [0.5, 0.6) is 5.75 Å². The van der Waals surface area contributed by atoms with Crippen LogP contribution >= 0.6 is 15.9 Å². The Morgan fingerprint density at radius 3 is 2.85 bits per heavy atom. The molecule has 3 nitrogen and oxygen atoms in total. The van der Waals surface area contributed by atoms with E-state index in [2.05, 4.69) is 15.9 Å². The second-order valence-electron chi connectivity index (χ2n) is 2.27. The smallest absolute Gasteiger partial charge is 0.187 e. The molecule has 0 spiro atoms. The van der Waals surface area contributed by atoms with Crippen molar-refractivity contribution in [2.24, 2.45) is 0 Å². The first-order valence-electron chi connectivity index (χ1n) is 3.68. The SMILES string of the molecule is CCOc1ccc(Br)c(S(=O)O)c1. The highest BCUT2D eigenvalue weighted by atomic mass is 79.9. The zero-order valence-corrected chi connectivity index (χ0v) is 9.39. The molecule has 0 heterocycles. The van der Waals surface area contributed by atoms with Crippen LogP contribution in [0.4, 0.5) is 0 Å². The van der Waals surface area contributed by atoms with E-state index in [1.165, 1.54) is 0 Å². The van der Waals surface area contributed by atoms with E-state index in [-0.39, 0.29) is 0 Å². The van der Waals surface area contributed by atoms with Gasteiger partial charge in [-0.25, -0.2) is 4.21 Å².